The van der Waals surface area contributed by atoms with E-state index < -0.39 is 0 Å². The van der Waals surface area contributed by atoms with E-state index in [0.29, 0.717) is 11.6 Å². The van der Waals surface area contributed by atoms with Gasteiger partial charge in [-0.05, 0) is 49.2 Å². The Labute approximate surface area is 128 Å². The van der Waals surface area contributed by atoms with Crippen LogP contribution in [0.3, 0.4) is 0 Å². The summed E-state index contributed by atoms with van der Waals surface area (Å²) in [6.07, 6.45) is 0. The maximum Gasteiger partial charge on any atom is 0.142 e. The number of nitrogens with zero attached hydrogens (tertiary/aromatic N) is 2. The molecule has 0 aliphatic heterocycles. The normalized spacial score (nSPS) is 11.2. The Morgan fingerprint density at radius 2 is 1.86 bits per heavy atom. The number of hydrogen-bond acceptors (Lipinski definition) is 2. The van der Waals surface area contributed by atoms with E-state index >= 15 is 0 Å². The predicted octanol–water partition coefficient (Wildman–Crippen LogP) is 3.97. The fourth-order valence-electron chi connectivity index (χ4n) is 2.55. The molecule has 0 spiro atoms. The first-order valence-electron chi connectivity index (χ1n) is 6.95. The van der Waals surface area contributed by atoms with E-state index in [1.165, 1.54) is 11.1 Å². The van der Waals surface area contributed by atoms with Crippen LogP contribution in [0.1, 0.15) is 11.1 Å². The van der Waals surface area contributed by atoms with Crippen LogP contribution < -0.4 is 0 Å². The molecule has 0 unspecified atom stereocenters. The molecule has 3 nitrogen and oxygen atoms in total. The molecule has 0 amide bonds. The number of halogens is 1. The van der Waals surface area contributed by atoms with E-state index in [9.17, 15) is 5.11 Å². The largest absolute Gasteiger partial charge is 0.395 e. The highest BCUT2D eigenvalue weighted by Crippen LogP contribution is 2.31. The van der Waals surface area contributed by atoms with Crippen LogP contribution in [0.15, 0.2) is 36.4 Å². The third-order valence-electron chi connectivity index (χ3n) is 3.80. The van der Waals surface area contributed by atoms with Gasteiger partial charge in [0.2, 0.25) is 0 Å². The maximum atomic E-state index is 9.38. The van der Waals surface area contributed by atoms with Gasteiger partial charge in [0, 0.05) is 12.1 Å². The highest BCUT2D eigenvalue weighted by Gasteiger charge is 2.15. The molecule has 2 aromatic carbocycles. The van der Waals surface area contributed by atoms with Gasteiger partial charge in [-0.1, -0.05) is 23.7 Å². The molecule has 0 saturated heterocycles. The van der Waals surface area contributed by atoms with Crippen molar-refractivity contribution in [3.63, 3.8) is 0 Å². The summed E-state index contributed by atoms with van der Waals surface area (Å²) in [6.45, 7) is 4.73. The summed E-state index contributed by atoms with van der Waals surface area (Å²) in [5.74, 6) is 0.801. The van der Waals surface area contributed by atoms with Crippen LogP contribution in [0.2, 0.25) is 5.02 Å². The maximum absolute atomic E-state index is 9.38. The molecule has 1 aromatic heterocycles. The van der Waals surface area contributed by atoms with Crippen LogP contribution in [-0.4, -0.2) is 21.3 Å². The number of aryl methyl sites for hydroxylation is 2. The number of benzene rings is 2. The van der Waals surface area contributed by atoms with Crippen LogP contribution in [0.5, 0.6) is 0 Å². The first-order valence-corrected chi connectivity index (χ1v) is 7.33. The van der Waals surface area contributed by atoms with Crippen LogP contribution >= 0.6 is 11.6 Å². The topological polar surface area (TPSA) is 38.0 Å². The zero-order chi connectivity index (χ0) is 15.0. The Balaban J connectivity index is 2.32. The van der Waals surface area contributed by atoms with Crippen molar-refractivity contribution in [3.05, 3.63) is 52.5 Å². The van der Waals surface area contributed by atoms with Crippen molar-refractivity contribution in [2.75, 3.05) is 6.61 Å². The van der Waals surface area contributed by atoms with Gasteiger partial charge in [0.1, 0.15) is 5.82 Å². The number of fused-ring (bicyclic) bond motifs is 1. The number of aliphatic hydroxyl groups is 1. The monoisotopic (exact) mass is 300 g/mol. The van der Waals surface area contributed by atoms with Gasteiger partial charge in [-0.15, -0.1) is 0 Å². The average Bonchev–Trinajstić information content (AvgIpc) is 2.79. The molecule has 0 radical (unpaired) electrons. The molecule has 0 aliphatic rings. The molecule has 3 rings (SSSR count). The van der Waals surface area contributed by atoms with Crippen molar-refractivity contribution >= 4 is 22.6 Å². The van der Waals surface area contributed by atoms with Gasteiger partial charge in [0.25, 0.3) is 0 Å². The van der Waals surface area contributed by atoms with Crippen LogP contribution in [0.4, 0.5) is 0 Å². The molecule has 0 atom stereocenters. The van der Waals surface area contributed by atoms with E-state index in [0.717, 1.165) is 22.4 Å². The van der Waals surface area contributed by atoms with Crippen LogP contribution in [0.25, 0.3) is 22.4 Å². The summed E-state index contributed by atoms with van der Waals surface area (Å²) < 4.78 is 2.03. The third kappa shape index (κ3) is 2.43. The smallest absolute Gasteiger partial charge is 0.142 e. The lowest BCUT2D eigenvalue weighted by Gasteiger charge is -2.09. The summed E-state index contributed by atoms with van der Waals surface area (Å²) in [4.78, 5) is 4.73. The molecule has 0 aliphatic carbocycles. The fraction of sp³-hybridized carbons (Fsp3) is 0.235. The second-order valence-corrected chi connectivity index (χ2v) is 5.62. The van der Waals surface area contributed by atoms with Crippen molar-refractivity contribution in [3.8, 4) is 11.4 Å². The highest BCUT2D eigenvalue weighted by atomic mass is 35.5. The highest BCUT2D eigenvalue weighted by molar-refractivity contribution is 6.33. The molecule has 0 bridgehead atoms. The molecule has 1 N–H and O–H groups in total. The van der Waals surface area contributed by atoms with Crippen molar-refractivity contribution in [1.82, 2.24) is 9.55 Å². The lowest BCUT2D eigenvalue weighted by atomic mass is 10.1. The Bertz CT molecular complexity index is 808. The van der Waals surface area contributed by atoms with Gasteiger partial charge in [0.05, 0.1) is 22.7 Å². The summed E-state index contributed by atoms with van der Waals surface area (Å²) in [7, 11) is 0. The molecule has 4 heteroatoms. The predicted molar refractivity (Wildman–Crippen MR) is 86.7 cm³/mol. The quantitative estimate of drug-likeness (QED) is 0.795. The van der Waals surface area contributed by atoms with Gasteiger partial charge in [-0.25, -0.2) is 4.98 Å². The molecule has 1 heterocycles. The second-order valence-electron chi connectivity index (χ2n) is 5.22. The van der Waals surface area contributed by atoms with Crippen molar-refractivity contribution in [2.24, 2.45) is 0 Å². The molecule has 0 saturated carbocycles. The molecular weight excluding hydrogens is 284 g/mol. The number of aliphatic hydroxyl groups excluding tert-OH is 1. The van der Waals surface area contributed by atoms with E-state index in [2.05, 4.69) is 26.0 Å². The van der Waals surface area contributed by atoms with Crippen LogP contribution in [0, 0.1) is 13.8 Å². The fourth-order valence-corrected chi connectivity index (χ4v) is 2.77. The Morgan fingerprint density at radius 3 is 2.57 bits per heavy atom. The molecule has 21 heavy (non-hydrogen) atoms. The molecule has 0 fully saturated rings. The minimum atomic E-state index is 0.0653. The molecule has 3 aromatic rings. The van der Waals surface area contributed by atoms with Crippen molar-refractivity contribution in [1.29, 1.82) is 0 Å². The number of aromatic nitrogens is 2. The number of hydrogen-bond donors (Lipinski definition) is 1. The van der Waals surface area contributed by atoms with Gasteiger partial charge in [-0.2, -0.15) is 0 Å². The first-order chi connectivity index (χ1) is 10.1. The van der Waals surface area contributed by atoms with Gasteiger partial charge in [-0.3, -0.25) is 0 Å². The third-order valence-corrected chi connectivity index (χ3v) is 4.13. The van der Waals surface area contributed by atoms with Gasteiger partial charge < -0.3 is 9.67 Å². The molecule has 108 valence electrons. The molecular formula is C17H17ClN2O. The van der Waals surface area contributed by atoms with E-state index in [4.69, 9.17) is 16.6 Å². The first kappa shape index (κ1) is 14.1. The Kier molecular flexibility index (Phi) is 3.70. The minimum absolute atomic E-state index is 0.0653. The minimum Gasteiger partial charge on any atom is -0.395 e. The summed E-state index contributed by atoms with van der Waals surface area (Å²) in [6, 6.07) is 11.9. The second kappa shape index (κ2) is 5.51. The zero-order valence-corrected chi connectivity index (χ0v) is 12.9. The standard InChI is InChI=1S/C17H17ClN2O/c1-11-9-15-16(10-12(11)2)20(7-8-21)17(19-15)13-5-3-4-6-14(13)18/h3-6,9-10,21H,7-8H2,1-2H3. The number of imidazole rings is 1. The number of rotatable bonds is 3. The summed E-state index contributed by atoms with van der Waals surface area (Å²) in [5.41, 5.74) is 5.27. The van der Waals surface area contributed by atoms with Gasteiger partial charge >= 0.3 is 0 Å². The lowest BCUT2D eigenvalue weighted by Crippen LogP contribution is -2.04. The van der Waals surface area contributed by atoms with E-state index in [1.807, 2.05) is 28.8 Å². The Hall–Kier alpha value is -1.84. The van der Waals surface area contributed by atoms with E-state index in [1.54, 1.807) is 0 Å². The Morgan fingerprint density at radius 1 is 1.14 bits per heavy atom. The van der Waals surface area contributed by atoms with Crippen LogP contribution in [-0.2, 0) is 6.54 Å². The van der Waals surface area contributed by atoms with Gasteiger partial charge in [0.15, 0.2) is 0 Å². The lowest BCUT2D eigenvalue weighted by molar-refractivity contribution is 0.278. The van der Waals surface area contributed by atoms with Crippen molar-refractivity contribution in [2.45, 2.75) is 20.4 Å². The van der Waals surface area contributed by atoms with E-state index in [-0.39, 0.29) is 6.61 Å². The zero-order valence-electron chi connectivity index (χ0n) is 12.1. The van der Waals surface area contributed by atoms with Crippen molar-refractivity contribution < 1.29 is 5.11 Å². The average molecular weight is 301 g/mol. The SMILES string of the molecule is Cc1cc2nc(-c3ccccc3Cl)n(CCO)c2cc1C. The summed E-state index contributed by atoms with van der Waals surface area (Å²) >= 11 is 6.31. The summed E-state index contributed by atoms with van der Waals surface area (Å²) in [5, 5.41) is 10.0.